The van der Waals surface area contributed by atoms with Gasteiger partial charge >= 0.3 is 0 Å². The Bertz CT molecular complexity index is 4160. The fourth-order valence-corrected chi connectivity index (χ4v) is 13.4. The first kappa shape index (κ1) is 49.0. The molecule has 1 aliphatic heterocycles. The van der Waals surface area contributed by atoms with Crippen molar-refractivity contribution in [2.24, 2.45) is 0 Å². The van der Waals surface area contributed by atoms with E-state index in [1.807, 2.05) is 11.3 Å². The highest BCUT2D eigenvalue weighted by atomic mass is 32.1. The standard InChI is InChI=1S/C73H62BN3S/c1-72(2,3)52-38-41-67-63(44-52)70-71(78-67)74(69-65(75)45-53(73(4,5)6)46-66(69)77(70)56-33-20-11-21-34-56)64-40-39-57(76(54-29-16-9-17-30-54)55-31-18-10-19-32-55)43-51(64)42-50-28-22-36-59-61(50)47-62-58(48-24-12-7-13-25-48)35-23-37-60(62)68(59)49-26-14-8-15-27-49/h7-41,43-47H,42,75H2,1-6H3. The van der Waals surface area contributed by atoms with Gasteiger partial charge in [-0.15, -0.1) is 11.3 Å². The van der Waals surface area contributed by atoms with Gasteiger partial charge in [0.2, 0.25) is 0 Å². The molecule has 0 saturated heterocycles. The first-order chi connectivity index (χ1) is 37.9. The van der Waals surface area contributed by atoms with Crippen LogP contribution in [0.15, 0.2) is 243 Å². The molecule has 1 aromatic heterocycles. The van der Waals surface area contributed by atoms with Crippen LogP contribution in [0.4, 0.5) is 39.8 Å². The predicted octanol–water partition coefficient (Wildman–Crippen LogP) is 18.1. The highest BCUT2D eigenvalue weighted by Gasteiger charge is 2.42. The molecule has 12 aromatic rings. The molecule has 0 amide bonds. The number of nitrogen functional groups attached to an aromatic ring is 1. The number of nitrogens with two attached hydrogens (primary N) is 1. The topological polar surface area (TPSA) is 32.5 Å². The number of para-hydroxylation sites is 3. The molecule has 378 valence electrons. The molecule has 0 unspecified atom stereocenters. The molecule has 13 rings (SSSR count). The van der Waals surface area contributed by atoms with Gasteiger partial charge in [-0.1, -0.05) is 211 Å². The monoisotopic (exact) mass is 1020 g/mol. The van der Waals surface area contributed by atoms with Crippen LogP contribution in [0, 0.1) is 0 Å². The van der Waals surface area contributed by atoms with Gasteiger partial charge in [0.1, 0.15) is 0 Å². The van der Waals surface area contributed by atoms with Gasteiger partial charge in [0.05, 0.1) is 5.69 Å². The van der Waals surface area contributed by atoms with E-state index in [4.69, 9.17) is 5.73 Å². The van der Waals surface area contributed by atoms with Crippen molar-refractivity contribution in [3.8, 4) is 22.3 Å². The number of benzene rings is 11. The Morgan fingerprint density at radius 2 is 1.05 bits per heavy atom. The van der Waals surface area contributed by atoms with Gasteiger partial charge in [-0.25, -0.2) is 0 Å². The van der Waals surface area contributed by atoms with Crippen LogP contribution in [0.1, 0.15) is 63.8 Å². The summed E-state index contributed by atoms with van der Waals surface area (Å²) in [7, 11) is 0. The Labute approximate surface area is 464 Å². The molecule has 0 saturated carbocycles. The second-order valence-corrected chi connectivity index (χ2v) is 24.2. The van der Waals surface area contributed by atoms with Gasteiger partial charge in [-0.2, -0.15) is 0 Å². The molecule has 0 atom stereocenters. The zero-order valence-corrected chi connectivity index (χ0v) is 46.1. The Kier molecular flexibility index (Phi) is 12.2. The van der Waals surface area contributed by atoms with Crippen molar-refractivity contribution in [1.82, 2.24) is 0 Å². The van der Waals surface area contributed by atoms with E-state index >= 15 is 0 Å². The van der Waals surface area contributed by atoms with Crippen LogP contribution in [0.5, 0.6) is 0 Å². The third-order valence-electron chi connectivity index (χ3n) is 16.0. The fraction of sp³-hybridized carbons (Fsp3) is 0.123. The smallest absolute Gasteiger partial charge is 0.262 e. The Morgan fingerprint density at radius 3 is 1.69 bits per heavy atom. The minimum Gasteiger partial charge on any atom is -0.399 e. The van der Waals surface area contributed by atoms with E-state index in [1.54, 1.807) is 0 Å². The maximum atomic E-state index is 7.70. The zero-order chi connectivity index (χ0) is 53.3. The number of fused-ring (bicyclic) bond motifs is 6. The van der Waals surface area contributed by atoms with E-state index in [0.29, 0.717) is 6.42 Å². The van der Waals surface area contributed by atoms with Gasteiger partial charge in [0, 0.05) is 49.0 Å². The Hall–Kier alpha value is -8.64. The summed E-state index contributed by atoms with van der Waals surface area (Å²) >= 11 is 1.92. The van der Waals surface area contributed by atoms with E-state index in [2.05, 4.69) is 294 Å². The van der Waals surface area contributed by atoms with E-state index < -0.39 is 0 Å². The van der Waals surface area contributed by atoms with Crippen molar-refractivity contribution in [2.45, 2.75) is 58.8 Å². The fourth-order valence-electron chi connectivity index (χ4n) is 12.1. The largest absolute Gasteiger partial charge is 0.399 e. The van der Waals surface area contributed by atoms with Crippen LogP contribution in [0.25, 0.3) is 53.9 Å². The second kappa shape index (κ2) is 19.4. The van der Waals surface area contributed by atoms with E-state index in [1.165, 1.54) is 92.1 Å². The molecule has 2 N–H and O–H groups in total. The quantitative estimate of drug-likeness (QED) is 0.0888. The van der Waals surface area contributed by atoms with Gasteiger partial charge in [-0.05, 0) is 168 Å². The number of rotatable bonds is 9. The van der Waals surface area contributed by atoms with Crippen molar-refractivity contribution in [2.75, 3.05) is 15.5 Å². The summed E-state index contributed by atoms with van der Waals surface area (Å²) in [5.74, 6) is 0. The maximum Gasteiger partial charge on any atom is 0.262 e. The summed E-state index contributed by atoms with van der Waals surface area (Å²) in [5, 5.41) is 6.24. The van der Waals surface area contributed by atoms with Crippen LogP contribution < -0.4 is 31.2 Å². The maximum absolute atomic E-state index is 7.70. The summed E-state index contributed by atoms with van der Waals surface area (Å²) in [6, 6.07) is 89.8. The Morgan fingerprint density at radius 1 is 0.462 bits per heavy atom. The van der Waals surface area contributed by atoms with E-state index in [9.17, 15) is 0 Å². The summed E-state index contributed by atoms with van der Waals surface area (Å²) in [6.07, 6.45) is 0.674. The highest BCUT2D eigenvalue weighted by molar-refractivity contribution is 7.33. The van der Waals surface area contributed by atoms with E-state index in [0.717, 1.165) is 39.6 Å². The molecule has 3 nitrogen and oxygen atoms in total. The van der Waals surface area contributed by atoms with E-state index in [-0.39, 0.29) is 17.5 Å². The number of thiophene rings is 1. The predicted molar refractivity (Wildman–Crippen MR) is 339 cm³/mol. The Balaban J connectivity index is 1.12. The molecule has 5 heteroatoms. The minimum atomic E-state index is -0.189. The van der Waals surface area contributed by atoms with Crippen molar-refractivity contribution in [3.05, 3.63) is 265 Å². The van der Waals surface area contributed by atoms with Crippen molar-refractivity contribution in [3.63, 3.8) is 0 Å². The molecule has 0 radical (unpaired) electrons. The lowest BCUT2D eigenvalue weighted by atomic mass is 9.36. The molecule has 11 aromatic carbocycles. The van der Waals surface area contributed by atoms with Crippen LogP contribution in [-0.4, -0.2) is 6.71 Å². The third-order valence-corrected chi connectivity index (χ3v) is 17.2. The van der Waals surface area contributed by atoms with Gasteiger partial charge in [0.15, 0.2) is 0 Å². The van der Waals surface area contributed by atoms with Crippen molar-refractivity contribution < 1.29 is 0 Å². The highest BCUT2D eigenvalue weighted by Crippen LogP contribution is 2.47. The minimum absolute atomic E-state index is 0.0468. The zero-order valence-electron chi connectivity index (χ0n) is 45.3. The number of anilines is 7. The summed E-state index contributed by atoms with van der Waals surface area (Å²) in [6.45, 7) is 13.7. The molecular formula is C73H62BN3S. The lowest BCUT2D eigenvalue weighted by Crippen LogP contribution is -2.58. The summed E-state index contributed by atoms with van der Waals surface area (Å²) in [5.41, 5.74) is 27.4. The number of hydrogen-bond acceptors (Lipinski definition) is 4. The first-order valence-electron chi connectivity index (χ1n) is 27.4. The molecular weight excluding hydrogens is 962 g/mol. The van der Waals surface area contributed by atoms with Gasteiger partial charge in [0.25, 0.3) is 6.71 Å². The summed E-state index contributed by atoms with van der Waals surface area (Å²) < 4.78 is 2.56. The normalized spacial score (nSPS) is 12.5. The second-order valence-electron chi connectivity index (χ2n) is 23.1. The molecule has 0 bridgehead atoms. The SMILES string of the molecule is CC(C)(C)c1cc(N)c2c(c1)N(c1ccccc1)c1c(sc3ccc(C(C)(C)C)cc13)B2c1ccc(N(c2ccccc2)c2ccccc2)cc1Cc1cccc2c(-c3ccccc3)c3cccc(-c4ccccc4)c3cc12. The lowest BCUT2D eigenvalue weighted by molar-refractivity contribution is 0.590. The number of hydrogen-bond donors (Lipinski definition) is 1. The average Bonchev–Trinajstić information content (AvgIpc) is 3.94. The molecule has 78 heavy (non-hydrogen) atoms. The third kappa shape index (κ3) is 8.63. The van der Waals surface area contributed by atoms with Crippen LogP contribution in [-0.2, 0) is 17.3 Å². The molecule has 0 aliphatic carbocycles. The van der Waals surface area contributed by atoms with Crippen LogP contribution in [0.3, 0.4) is 0 Å². The average molecular weight is 1020 g/mol. The van der Waals surface area contributed by atoms with Gasteiger partial charge in [-0.3, -0.25) is 0 Å². The van der Waals surface area contributed by atoms with Crippen molar-refractivity contribution >= 4 is 105 Å². The molecule has 2 heterocycles. The first-order valence-corrected chi connectivity index (χ1v) is 28.2. The van der Waals surface area contributed by atoms with Gasteiger partial charge < -0.3 is 15.5 Å². The van der Waals surface area contributed by atoms with Crippen LogP contribution >= 0.6 is 11.3 Å². The molecule has 1 aliphatic rings. The summed E-state index contributed by atoms with van der Waals surface area (Å²) in [4.78, 5) is 4.93. The number of nitrogens with zero attached hydrogens (tertiary/aromatic N) is 2. The van der Waals surface area contributed by atoms with Crippen LogP contribution in [0.2, 0.25) is 0 Å². The molecule has 0 spiro atoms. The molecule has 0 fully saturated rings. The lowest BCUT2D eigenvalue weighted by Gasteiger charge is -2.38. The van der Waals surface area contributed by atoms with Crippen molar-refractivity contribution in [1.29, 1.82) is 0 Å².